The summed E-state index contributed by atoms with van der Waals surface area (Å²) in [5, 5.41) is 2.96. The molecule has 1 amide bonds. The molecule has 0 aromatic carbocycles. The second kappa shape index (κ2) is 4.64. The Morgan fingerprint density at radius 2 is 1.69 bits per heavy atom. The zero-order chi connectivity index (χ0) is 10.6. The van der Waals surface area contributed by atoms with Crippen molar-refractivity contribution in [3.63, 3.8) is 0 Å². The Morgan fingerprint density at radius 3 is 2.00 bits per heavy atom. The second-order valence-corrected chi connectivity index (χ2v) is 4.98. The van der Waals surface area contributed by atoms with E-state index in [1.54, 1.807) is 0 Å². The summed E-state index contributed by atoms with van der Waals surface area (Å²) in [6.07, 6.45) is 0. The van der Waals surface area contributed by atoms with Gasteiger partial charge in [0.2, 0.25) is 5.91 Å². The third kappa shape index (κ3) is 3.79. The second-order valence-electron chi connectivity index (χ2n) is 4.98. The summed E-state index contributed by atoms with van der Waals surface area (Å²) in [6, 6.07) is 0. The van der Waals surface area contributed by atoms with Gasteiger partial charge in [-0.2, -0.15) is 0 Å². The summed E-state index contributed by atoms with van der Waals surface area (Å²) in [5.74, 6) is 1.06. The van der Waals surface area contributed by atoms with Gasteiger partial charge >= 0.3 is 0 Å². The summed E-state index contributed by atoms with van der Waals surface area (Å²) in [6.45, 7) is 13.1. The van der Waals surface area contributed by atoms with Gasteiger partial charge in [-0.05, 0) is 11.8 Å². The molecule has 0 spiro atoms. The fourth-order valence-corrected chi connectivity index (χ4v) is 0.787. The summed E-state index contributed by atoms with van der Waals surface area (Å²) in [4.78, 5) is 11.7. The van der Waals surface area contributed by atoms with Gasteiger partial charge in [0.05, 0.1) is 0 Å². The van der Waals surface area contributed by atoms with Crippen LogP contribution in [0.1, 0.15) is 41.5 Å². The van der Waals surface area contributed by atoms with E-state index in [0.717, 1.165) is 6.54 Å². The molecule has 0 aliphatic rings. The molecular formula is C11H23NO. The van der Waals surface area contributed by atoms with Crippen LogP contribution in [0.3, 0.4) is 0 Å². The third-order valence-electron chi connectivity index (χ3n) is 2.70. The molecule has 0 aliphatic heterocycles. The highest BCUT2D eigenvalue weighted by molar-refractivity contribution is 5.81. The molecule has 0 unspecified atom stereocenters. The van der Waals surface area contributed by atoms with Crippen molar-refractivity contribution in [2.24, 2.45) is 17.3 Å². The molecule has 0 aliphatic carbocycles. The first-order valence-electron chi connectivity index (χ1n) is 5.06. The Morgan fingerprint density at radius 1 is 1.23 bits per heavy atom. The molecule has 0 saturated heterocycles. The van der Waals surface area contributed by atoms with Crippen LogP contribution < -0.4 is 5.32 Å². The van der Waals surface area contributed by atoms with Gasteiger partial charge in [-0.25, -0.2) is 0 Å². The number of amides is 1. The van der Waals surface area contributed by atoms with Gasteiger partial charge < -0.3 is 5.32 Å². The summed E-state index contributed by atoms with van der Waals surface area (Å²) in [5.41, 5.74) is -0.255. The number of hydrogen-bond acceptors (Lipinski definition) is 1. The van der Waals surface area contributed by atoms with Crippen LogP contribution in [-0.4, -0.2) is 12.5 Å². The highest BCUT2D eigenvalue weighted by Crippen LogP contribution is 2.25. The Kier molecular flexibility index (Phi) is 4.45. The smallest absolute Gasteiger partial charge is 0.225 e. The minimum atomic E-state index is -0.255. The van der Waals surface area contributed by atoms with Crippen molar-refractivity contribution in [3.05, 3.63) is 0 Å². The lowest BCUT2D eigenvalue weighted by atomic mass is 9.80. The van der Waals surface area contributed by atoms with E-state index in [-0.39, 0.29) is 11.3 Å². The number of carbonyl (C=O) groups excluding carboxylic acids is 1. The van der Waals surface area contributed by atoms with Crippen molar-refractivity contribution in [2.75, 3.05) is 6.54 Å². The molecule has 13 heavy (non-hydrogen) atoms. The van der Waals surface area contributed by atoms with Gasteiger partial charge in [0.25, 0.3) is 0 Å². The molecule has 2 nitrogen and oxygen atoms in total. The predicted molar refractivity (Wildman–Crippen MR) is 56.5 cm³/mol. The van der Waals surface area contributed by atoms with Crippen LogP contribution in [0.5, 0.6) is 0 Å². The van der Waals surface area contributed by atoms with Crippen molar-refractivity contribution in [1.29, 1.82) is 0 Å². The van der Waals surface area contributed by atoms with E-state index in [2.05, 4.69) is 33.0 Å². The van der Waals surface area contributed by atoms with Gasteiger partial charge in [0.15, 0.2) is 0 Å². The molecule has 0 bridgehead atoms. The van der Waals surface area contributed by atoms with Crippen molar-refractivity contribution in [3.8, 4) is 0 Å². The fourth-order valence-electron chi connectivity index (χ4n) is 0.787. The molecule has 78 valence electrons. The Hall–Kier alpha value is -0.530. The normalized spacial score (nSPS) is 12.3. The van der Waals surface area contributed by atoms with Crippen molar-refractivity contribution >= 4 is 5.91 Å². The first-order valence-corrected chi connectivity index (χ1v) is 5.06. The standard InChI is InChI=1S/C11H23NO/c1-8(2)7-12-10(13)11(5,6)9(3)4/h8-9H,7H2,1-6H3,(H,12,13). The van der Waals surface area contributed by atoms with Gasteiger partial charge in [-0.1, -0.05) is 41.5 Å². The molecule has 1 N–H and O–H groups in total. The molecule has 0 radical (unpaired) electrons. The average Bonchev–Trinajstić information content (AvgIpc) is 1.99. The van der Waals surface area contributed by atoms with Crippen LogP contribution in [0.2, 0.25) is 0 Å². The first-order chi connectivity index (χ1) is 5.78. The average molecular weight is 185 g/mol. The highest BCUT2D eigenvalue weighted by atomic mass is 16.2. The minimum Gasteiger partial charge on any atom is -0.355 e. The van der Waals surface area contributed by atoms with E-state index in [0.29, 0.717) is 11.8 Å². The van der Waals surface area contributed by atoms with Crippen molar-refractivity contribution in [1.82, 2.24) is 5.32 Å². The Balaban J connectivity index is 4.10. The lowest BCUT2D eigenvalue weighted by molar-refractivity contribution is -0.131. The minimum absolute atomic E-state index is 0.163. The van der Waals surface area contributed by atoms with E-state index < -0.39 is 0 Å². The molecule has 2 heteroatoms. The summed E-state index contributed by atoms with van der Waals surface area (Å²) < 4.78 is 0. The largest absolute Gasteiger partial charge is 0.355 e. The van der Waals surface area contributed by atoms with Crippen LogP contribution in [-0.2, 0) is 4.79 Å². The highest BCUT2D eigenvalue weighted by Gasteiger charge is 2.30. The Bertz CT molecular complexity index is 171. The van der Waals surface area contributed by atoms with Gasteiger partial charge in [0.1, 0.15) is 0 Å². The van der Waals surface area contributed by atoms with E-state index >= 15 is 0 Å². The van der Waals surface area contributed by atoms with E-state index in [1.165, 1.54) is 0 Å². The first kappa shape index (κ1) is 12.5. The molecule has 0 saturated carbocycles. The molecule has 0 aromatic rings. The van der Waals surface area contributed by atoms with Crippen LogP contribution in [0.25, 0.3) is 0 Å². The van der Waals surface area contributed by atoms with Gasteiger partial charge in [-0.3, -0.25) is 4.79 Å². The SMILES string of the molecule is CC(C)CNC(=O)C(C)(C)C(C)C. The zero-order valence-corrected chi connectivity index (χ0v) is 9.77. The third-order valence-corrected chi connectivity index (χ3v) is 2.70. The lowest BCUT2D eigenvalue weighted by Gasteiger charge is -2.28. The number of hydrogen-bond donors (Lipinski definition) is 1. The maximum absolute atomic E-state index is 11.7. The van der Waals surface area contributed by atoms with Crippen molar-refractivity contribution < 1.29 is 4.79 Å². The van der Waals surface area contributed by atoms with Crippen LogP contribution >= 0.6 is 0 Å². The topological polar surface area (TPSA) is 29.1 Å². The van der Waals surface area contributed by atoms with E-state index in [4.69, 9.17) is 0 Å². The molecule has 0 atom stereocenters. The molecule has 0 fully saturated rings. The predicted octanol–water partition coefficient (Wildman–Crippen LogP) is 2.44. The van der Waals surface area contributed by atoms with Crippen molar-refractivity contribution in [2.45, 2.75) is 41.5 Å². The number of nitrogens with one attached hydrogen (secondary N) is 1. The molecule has 0 rings (SSSR count). The van der Waals surface area contributed by atoms with Crippen LogP contribution in [0, 0.1) is 17.3 Å². The van der Waals surface area contributed by atoms with Gasteiger partial charge in [0, 0.05) is 12.0 Å². The Labute approximate surface area is 82.1 Å². The maximum Gasteiger partial charge on any atom is 0.225 e. The van der Waals surface area contributed by atoms with Gasteiger partial charge in [-0.15, -0.1) is 0 Å². The quantitative estimate of drug-likeness (QED) is 0.716. The molecule has 0 aromatic heterocycles. The van der Waals surface area contributed by atoms with Crippen LogP contribution in [0.4, 0.5) is 0 Å². The lowest BCUT2D eigenvalue weighted by Crippen LogP contribution is -2.41. The maximum atomic E-state index is 11.7. The fraction of sp³-hybridized carbons (Fsp3) is 0.909. The summed E-state index contributed by atoms with van der Waals surface area (Å²) in [7, 11) is 0. The number of carbonyl (C=O) groups is 1. The van der Waals surface area contributed by atoms with E-state index in [1.807, 2.05) is 13.8 Å². The molecule has 0 heterocycles. The summed E-state index contributed by atoms with van der Waals surface area (Å²) >= 11 is 0. The molecular weight excluding hydrogens is 162 g/mol. The van der Waals surface area contributed by atoms with E-state index in [9.17, 15) is 4.79 Å². The zero-order valence-electron chi connectivity index (χ0n) is 9.77. The van der Waals surface area contributed by atoms with Crippen LogP contribution in [0.15, 0.2) is 0 Å². The monoisotopic (exact) mass is 185 g/mol. The number of rotatable bonds is 4.